The third-order valence-electron chi connectivity index (χ3n) is 5.34. The lowest BCUT2D eigenvalue weighted by Gasteiger charge is -2.24. The maximum absolute atomic E-state index is 13.2. The fraction of sp³-hybridized carbons (Fsp3) is 0.250. The zero-order chi connectivity index (χ0) is 21.9. The minimum atomic E-state index is -4.47. The number of carbonyl (C=O) groups excluding carboxylic acids is 1. The number of alkyl halides is 3. The van der Waals surface area contributed by atoms with Crippen molar-refractivity contribution < 1.29 is 18.0 Å². The minimum Gasteiger partial charge on any atom is -0.310 e. The molecule has 1 aliphatic heterocycles. The molecule has 0 fully saturated rings. The number of rotatable bonds is 2. The molecule has 1 N–H and O–H groups in total. The minimum absolute atomic E-state index is 0.0257. The second-order valence-electron chi connectivity index (χ2n) is 7.40. The first-order valence-corrected chi connectivity index (χ1v) is 9.48. The smallest absolute Gasteiger partial charge is 0.310 e. The van der Waals surface area contributed by atoms with Crippen molar-refractivity contribution in [2.75, 3.05) is 5.32 Å². The van der Waals surface area contributed by atoms with Crippen molar-refractivity contribution in [3.8, 4) is 5.82 Å². The van der Waals surface area contributed by atoms with Crippen LogP contribution in [-0.2, 0) is 11.0 Å². The molecule has 1 atom stereocenters. The number of hydrogen-bond acceptors (Lipinski definition) is 5. The summed E-state index contributed by atoms with van der Waals surface area (Å²) in [6, 6.07) is 8.48. The fourth-order valence-electron chi connectivity index (χ4n) is 3.93. The number of benzene rings is 1. The van der Waals surface area contributed by atoms with Gasteiger partial charge in [-0.15, -0.1) is 15.3 Å². The summed E-state index contributed by atoms with van der Waals surface area (Å²) in [5, 5.41) is 19.8. The lowest BCUT2D eigenvalue weighted by molar-refractivity contribution is -0.137. The Kier molecular flexibility index (Phi) is 4.11. The molecule has 1 aromatic carbocycles. The molecular weight excluding hydrogens is 411 g/mol. The van der Waals surface area contributed by atoms with Gasteiger partial charge in [-0.2, -0.15) is 27.5 Å². The number of fused-ring (bicyclic) bond motifs is 2. The molecule has 1 aliphatic rings. The average Bonchev–Trinajstić information content (AvgIpc) is 3.26. The van der Waals surface area contributed by atoms with Crippen LogP contribution in [0.5, 0.6) is 0 Å². The molecule has 3 aromatic heterocycles. The van der Waals surface area contributed by atoms with Crippen molar-refractivity contribution in [1.29, 1.82) is 0 Å². The Bertz CT molecular complexity index is 1340. The van der Waals surface area contributed by atoms with Crippen LogP contribution in [0.2, 0.25) is 0 Å². The van der Waals surface area contributed by atoms with Gasteiger partial charge in [-0.3, -0.25) is 4.79 Å². The standard InChI is InChI=1S/C20H16F3N7O/c1-10-18-14(12-4-3-5-13(8-12)20(21,22)23)9-17(31)24-19(18)30(27-10)16-7-6-15-26-25-11(2)29(15)28-16/h3-8,14H,9H2,1-2H3,(H,24,31)/t14-/m1/s1. The van der Waals surface area contributed by atoms with Crippen molar-refractivity contribution in [2.24, 2.45) is 0 Å². The van der Waals surface area contributed by atoms with Crippen LogP contribution in [0.1, 0.15) is 40.5 Å². The highest BCUT2D eigenvalue weighted by Crippen LogP contribution is 2.41. The van der Waals surface area contributed by atoms with Gasteiger partial charge < -0.3 is 5.32 Å². The van der Waals surface area contributed by atoms with Crippen LogP contribution in [0, 0.1) is 13.8 Å². The second-order valence-corrected chi connectivity index (χ2v) is 7.40. The Balaban J connectivity index is 1.65. The molecule has 1 amide bonds. The first kappa shape index (κ1) is 19.2. The molecule has 4 aromatic rings. The van der Waals surface area contributed by atoms with E-state index in [0.717, 1.165) is 12.1 Å². The zero-order valence-electron chi connectivity index (χ0n) is 16.5. The molecule has 8 nitrogen and oxygen atoms in total. The number of amides is 1. The molecule has 4 heterocycles. The molecule has 0 saturated carbocycles. The SMILES string of the molecule is Cc1nn(-c2ccc3nnc(C)n3n2)c2c1[C@@H](c1cccc(C(F)(F)F)c1)CC(=O)N2. The Labute approximate surface area is 173 Å². The number of aryl methyl sites for hydroxylation is 2. The quantitative estimate of drug-likeness (QED) is 0.530. The number of aromatic nitrogens is 6. The van der Waals surface area contributed by atoms with E-state index < -0.39 is 17.7 Å². The van der Waals surface area contributed by atoms with E-state index in [9.17, 15) is 18.0 Å². The summed E-state index contributed by atoms with van der Waals surface area (Å²) >= 11 is 0. The van der Waals surface area contributed by atoms with Gasteiger partial charge in [0.2, 0.25) is 5.91 Å². The zero-order valence-corrected chi connectivity index (χ0v) is 16.5. The van der Waals surface area contributed by atoms with Gasteiger partial charge in [-0.1, -0.05) is 18.2 Å². The van der Waals surface area contributed by atoms with Gasteiger partial charge in [0.05, 0.1) is 11.3 Å². The molecule has 0 radical (unpaired) electrons. The van der Waals surface area contributed by atoms with E-state index in [2.05, 4.69) is 25.7 Å². The highest BCUT2D eigenvalue weighted by Gasteiger charge is 2.35. The first-order valence-electron chi connectivity index (χ1n) is 9.48. The normalized spacial score (nSPS) is 16.4. The van der Waals surface area contributed by atoms with Gasteiger partial charge >= 0.3 is 6.18 Å². The van der Waals surface area contributed by atoms with Gasteiger partial charge in [0, 0.05) is 17.9 Å². The number of halogens is 3. The summed E-state index contributed by atoms with van der Waals surface area (Å²) in [7, 11) is 0. The molecule has 11 heteroatoms. The highest BCUT2D eigenvalue weighted by atomic mass is 19.4. The summed E-state index contributed by atoms with van der Waals surface area (Å²) in [4.78, 5) is 12.5. The molecule has 0 saturated heterocycles. The number of nitrogens with one attached hydrogen (secondary N) is 1. The van der Waals surface area contributed by atoms with Gasteiger partial charge in [0.15, 0.2) is 17.3 Å². The summed E-state index contributed by atoms with van der Waals surface area (Å²) < 4.78 is 42.7. The predicted molar refractivity (Wildman–Crippen MR) is 104 cm³/mol. The van der Waals surface area contributed by atoms with E-state index in [1.54, 1.807) is 36.6 Å². The van der Waals surface area contributed by atoms with Crippen molar-refractivity contribution in [2.45, 2.75) is 32.4 Å². The number of nitrogens with zero attached hydrogens (tertiary/aromatic N) is 6. The van der Waals surface area contributed by atoms with Gasteiger partial charge in [-0.05, 0) is 37.6 Å². The molecular formula is C20H16F3N7O. The van der Waals surface area contributed by atoms with E-state index in [0.29, 0.717) is 39.9 Å². The van der Waals surface area contributed by atoms with Crippen LogP contribution in [0.3, 0.4) is 0 Å². The van der Waals surface area contributed by atoms with Crippen LogP contribution in [-0.4, -0.2) is 35.5 Å². The average molecular weight is 427 g/mol. The number of anilines is 1. The van der Waals surface area contributed by atoms with E-state index in [1.165, 1.54) is 10.7 Å². The lowest BCUT2D eigenvalue weighted by Crippen LogP contribution is -2.25. The molecule has 0 spiro atoms. The topological polar surface area (TPSA) is 90.0 Å². The van der Waals surface area contributed by atoms with Crippen molar-refractivity contribution in [3.05, 3.63) is 64.6 Å². The fourth-order valence-corrected chi connectivity index (χ4v) is 3.93. The predicted octanol–water partition coefficient (Wildman–Crippen LogP) is 3.42. The van der Waals surface area contributed by atoms with Crippen LogP contribution in [0.4, 0.5) is 19.0 Å². The van der Waals surface area contributed by atoms with Crippen LogP contribution in [0.25, 0.3) is 11.5 Å². The van der Waals surface area contributed by atoms with Gasteiger partial charge in [0.25, 0.3) is 0 Å². The van der Waals surface area contributed by atoms with E-state index >= 15 is 0 Å². The molecule has 0 bridgehead atoms. The van der Waals surface area contributed by atoms with Crippen molar-refractivity contribution in [3.63, 3.8) is 0 Å². The number of carbonyl (C=O) groups is 1. The third kappa shape index (κ3) is 3.13. The van der Waals surface area contributed by atoms with Gasteiger partial charge in [0.1, 0.15) is 5.82 Å². The molecule has 31 heavy (non-hydrogen) atoms. The third-order valence-corrected chi connectivity index (χ3v) is 5.34. The summed E-state index contributed by atoms with van der Waals surface area (Å²) in [5.74, 6) is 0.539. The van der Waals surface area contributed by atoms with Crippen LogP contribution < -0.4 is 5.32 Å². The largest absolute Gasteiger partial charge is 0.416 e. The molecule has 5 rings (SSSR count). The maximum atomic E-state index is 13.2. The van der Waals surface area contributed by atoms with E-state index in [4.69, 9.17) is 0 Å². The Hall–Kier alpha value is -3.76. The summed E-state index contributed by atoms with van der Waals surface area (Å²) in [6.07, 6.45) is -4.44. The molecule has 0 aliphatic carbocycles. The maximum Gasteiger partial charge on any atom is 0.416 e. The summed E-state index contributed by atoms with van der Waals surface area (Å²) in [6.45, 7) is 3.52. The highest BCUT2D eigenvalue weighted by molar-refractivity contribution is 5.95. The number of hydrogen-bond donors (Lipinski definition) is 1. The lowest BCUT2D eigenvalue weighted by atomic mass is 9.85. The Morgan fingerprint density at radius 2 is 1.90 bits per heavy atom. The second kappa shape index (κ2) is 6.62. The van der Waals surface area contributed by atoms with E-state index in [1.807, 2.05) is 0 Å². The monoisotopic (exact) mass is 427 g/mol. The van der Waals surface area contributed by atoms with Crippen molar-refractivity contribution in [1.82, 2.24) is 29.6 Å². The summed E-state index contributed by atoms with van der Waals surface area (Å²) in [5.41, 5.74) is 1.48. The Morgan fingerprint density at radius 3 is 2.68 bits per heavy atom. The Morgan fingerprint density at radius 1 is 1.10 bits per heavy atom. The van der Waals surface area contributed by atoms with Crippen LogP contribution >= 0.6 is 0 Å². The van der Waals surface area contributed by atoms with Crippen molar-refractivity contribution >= 4 is 17.4 Å². The van der Waals surface area contributed by atoms with Gasteiger partial charge in [-0.25, -0.2) is 0 Å². The molecule has 158 valence electrons. The first-order chi connectivity index (χ1) is 14.7. The van der Waals surface area contributed by atoms with E-state index in [-0.39, 0.29) is 12.3 Å². The molecule has 0 unspecified atom stereocenters. The van der Waals surface area contributed by atoms with Crippen LogP contribution in [0.15, 0.2) is 36.4 Å².